The van der Waals surface area contributed by atoms with Gasteiger partial charge in [-0.1, -0.05) is 38.1 Å². The van der Waals surface area contributed by atoms with E-state index >= 15 is 0 Å². The first kappa shape index (κ1) is 23.4. The van der Waals surface area contributed by atoms with Crippen LogP contribution in [0.3, 0.4) is 0 Å². The molecule has 2 aromatic rings. The molecule has 30 heavy (non-hydrogen) atoms. The summed E-state index contributed by atoms with van der Waals surface area (Å²) in [5.74, 6) is -0.184. The van der Waals surface area contributed by atoms with Gasteiger partial charge >= 0.3 is 0 Å². The predicted octanol–water partition coefficient (Wildman–Crippen LogP) is 4.15. The number of ether oxygens (including phenoxy) is 1. The van der Waals surface area contributed by atoms with Gasteiger partial charge in [0.15, 0.2) is 6.61 Å². The van der Waals surface area contributed by atoms with E-state index in [4.69, 9.17) is 4.74 Å². The van der Waals surface area contributed by atoms with Gasteiger partial charge in [-0.05, 0) is 61.6 Å². The van der Waals surface area contributed by atoms with Gasteiger partial charge in [0.1, 0.15) is 17.6 Å². The van der Waals surface area contributed by atoms with Crippen LogP contribution >= 0.6 is 0 Å². The number of carbonyl (C=O) groups excluding carboxylic acids is 2. The lowest BCUT2D eigenvalue weighted by Gasteiger charge is -2.30. The second kappa shape index (κ2) is 11.3. The zero-order valence-electron chi connectivity index (χ0n) is 18.2. The Bertz CT molecular complexity index is 852. The average Bonchev–Trinajstić information content (AvgIpc) is 2.73. The Balaban J connectivity index is 2.21. The third-order valence-electron chi connectivity index (χ3n) is 4.90. The molecule has 0 spiro atoms. The fourth-order valence-electron chi connectivity index (χ4n) is 3.16. The smallest absolute Gasteiger partial charge is 0.261 e. The number of hydrogen-bond acceptors (Lipinski definition) is 3. The standard InChI is InChI=1S/C24H31FN2O3/c1-5-13-26-24(29)21(6-2)27(15-19-9-11-20(25)12-10-19)23(28)16-30-22-14-17(3)7-8-18(22)4/h7-12,14,21H,5-6,13,15-16H2,1-4H3,(H,26,29). The molecule has 2 aromatic carbocycles. The number of aryl methyl sites for hydroxylation is 2. The Morgan fingerprint density at radius 3 is 2.43 bits per heavy atom. The highest BCUT2D eigenvalue weighted by atomic mass is 19.1. The Labute approximate surface area is 178 Å². The quantitative estimate of drug-likeness (QED) is 0.635. The van der Waals surface area contributed by atoms with Gasteiger partial charge in [-0.3, -0.25) is 9.59 Å². The Morgan fingerprint density at radius 1 is 1.10 bits per heavy atom. The molecule has 0 aliphatic rings. The van der Waals surface area contributed by atoms with Gasteiger partial charge in [-0.25, -0.2) is 4.39 Å². The average molecular weight is 415 g/mol. The molecule has 162 valence electrons. The van der Waals surface area contributed by atoms with Crippen LogP contribution in [0.15, 0.2) is 42.5 Å². The minimum atomic E-state index is -0.628. The van der Waals surface area contributed by atoms with E-state index in [2.05, 4.69) is 5.32 Å². The Kier molecular flexibility index (Phi) is 8.84. The van der Waals surface area contributed by atoms with Crippen LogP contribution in [0.1, 0.15) is 43.4 Å². The van der Waals surface area contributed by atoms with Gasteiger partial charge in [-0.2, -0.15) is 0 Å². The zero-order chi connectivity index (χ0) is 22.1. The second-order valence-corrected chi connectivity index (χ2v) is 7.42. The normalized spacial score (nSPS) is 11.6. The molecule has 0 heterocycles. The van der Waals surface area contributed by atoms with E-state index in [9.17, 15) is 14.0 Å². The maximum absolute atomic E-state index is 13.3. The molecule has 0 saturated carbocycles. The Morgan fingerprint density at radius 2 is 1.80 bits per heavy atom. The van der Waals surface area contributed by atoms with Crippen molar-refractivity contribution in [3.05, 3.63) is 65.0 Å². The number of carbonyl (C=O) groups is 2. The molecule has 0 radical (unpaired) electrons. The lowest BCUT2D eigenvalue weighted by Crippen LogP contribution is -2.50. The van der Waals surface area contributed by atoms with Gasteiger partial charge in [0.25, 0.3) is 5.91 Å². The van der Waals surface area contributed by atoms with Gasteiger partial charge in [0, 0.05) is 13.1 Å². The number of halogens is 1. The largest absolute Gasteiger partial charge is 0.483 e. The van der Waals surface area contributed by atoms with Crippen LogP contribution in [0.25, 0.3) is 0 Å². The first-order valence-electron chi connectivity index (χ1n) is 10.4. The van der Waals surface area contributed by atoms with Crippen LogP contribution < -0.4 is 10.1 Å². The molecule has 0 fully saturated rings. The SMILES string of the molecule is CCCNC(=O)C(CC)N(Cc1ccc(F)cc1)C(=O)COc1cc(C)ccc1C. The number of amides is 2. The highest BCUT2D eigenvalue weighted by Crippen LogP contribution is 2.20. The van der Waals surface area contributed by atoms with Crippen molar-refractivity contribution >= 4 is 11.8 Å². The first-order valence-corrected chi connectivity index (χ1v) is 10.4. The molecule has 1 atom stereocenters. The highest BCUT2D eigenvalue weighted by molar-refractivity contribution is 5.88. The zero-order valence-corrected chi connectivity index (χ0v) is 18.2. The fourth-order valence-corrected chi connectivity index (χ4v) is 3.16. The van der Waals surface area contributed by atoms with E-state index in [1.54, 1.807) is 12.1 Å². The van der Waals surface area contributed by atoms with Gasteiger partial charge in [0.05, 0.1) is 0 Å². The predicted molar refractivity (Wildman–Crippen MR) is 116 cm³/mol. The molecule has 5 nitrogen and oxygen atoms in total. The molecule has 0 aromatic heterocycles. The Hall–Kier alpha value is -2.89. The summed E-state index contributed by atoms with van der Waals surface area (Å²) < 4.78 is 19.1. The highest BCUT2D eigenvalue weighted by Gasteiger charge is 2.28. The number of nitrogens with one attached hydrogen (secondary N) is 1. The van der Waals surface area contributed by atoms with Crippen molar-refractivity contribution in [2.24, 2.45) is 0 Å². The second-order valence-electron chi connectivity index (χ2n) is 7.42. The lowest BCUT2D eigenvalue weighted by molar-refractivity contribution is -0.143. The molecule has 0 aliphatic heterocycles. The van der Waals surface area contributed by atoms with E-state index < -0.39 is 6.04 Å². The van der Waals surface area contributed by atoms with Gasteiger partial charge in [-0.15, -0.1) is 0 Å². The van der Waals surface area contributed by atoms with Crippen molar-refractivity contribution in [1.82, 2.24) is 10.2 Å². The molecule has 2 rings (SSSR count). The summed E-state index contributed by atoms with van der Waals surface area (Å²) in [6, 6.07) is 11.1. The number of nitrogens with zero attached hydrogens (tertiary/aromatic N) is 1. The van der Waals surface area contributed by atoms with Crippen LogP contribution in [0, 0.1) is 19.7 Å². The monoisotopic (exact) mass is 414 g/mol. The number of benzene rings is 2. The van der Waals surface area contributed by atoms with Crippen molar-refractivity contribution in [3.63, 3.8) is 0 Å². The van der Waals surface area contributed by atoms with Crippen LogP contribution in [0.4, 0.5) is 4.39 Å². The molecule has 6 heteroatoms. The molecule has 0 bridgehead atoms. The number of rotatable bonds is 10. The van der Waals surface area contributed by atoms with Crippen molar-refractivity contribution in [1.29, 1.82) is 0 Å². The fraction of sp³-hybridized carbons (Fsp3) is 0.417. The summed E-state index contributed by atoms with van der Waals surface area (Å²) in [5, 5.41) is 2.87. The topological polar surface area (TPSA) is 58.6 Å². The third kappa shape index (κ3) is 6.58. The maximum Gasteiger partial charge on any atom is 0.261 e. The maximum atomic E-state index is 13.3. The summed E-state index contributed by atoms with van der Waals surface area (Å²) in [6.07, 6.45) is 1.27. The summed E-state index contributed by atoms with van der Waals surface area (Å²) in [7, 11) is 0. The van der Waals surface area contributed by atoms with E-state index in [0.29, 0.717) is 18.7 Å². The van der Waals surface area contributed by atoms with Crippen LogP contribution in [0.2, 0.25) is 0 Å². The number of hydrogen-bond donors (Lipinski definition) is 1. The van der Waals surface area contributed by atoms with Crippen LogP contribution in [-0.4, -0.2) is 35.9 Å². The summed E-state index contributed by atoms with van der Waals surface area (Å²) in [4.78, 5) is 27.3. The molecular weight excluding hydrogens is 383 g/mol. The van der Waals surface area contributed by atoms with Crippen molar-refractivity contribution in [2.75, 3.05) is 13.2 Å². The lowest BCUT2D eigenvalue weighted by atomic mass is 10.1. The van der Waals surface area contributed by atoms with Crippen LogP contribution in [0.5, 0.6) is 5.75 Å². The molecule has 0 saturated heterocycles. The van der Waals surface area contributed by atoms with Crippen molar-refractivity contribution in [2.45, 2.75) is 53.1 Å². The molecule has 1 N–H and O–H groups in total. The minimum Gasteiger partial charge on any atom is -0.483 e. The van der Waals surface area contributed by atoms with E-state index in [0.717, 1.165) is 23.1 Å². The van der Waals surface area contributed by atoms with Crippen molar-refractivity contribution in [3.8, 4) is 5.75 Å². The molecular formula is C24H31FN2O3. The van der Waals surface area contributed by atoms with Crippen molar-refractivity contribution < 1.29 is 18.7 Å². The molecule has 2 amide bonds. The van der Waals surface area contributed by atoms with Gasteiger partial charge < -0.3 is 15.0 Å². The summed E-state index contributed by atoms with van der Waals surface area (Å²) in [5.41, 5.74) is 2.72. The van der Waals surface area contributed by atoms with E-state index in [1.165, 1.54) is 17.0 Å². The first-order chi connectivity index (χ1) is 14.3. The minimum absolute atomic E-state index is 0.178. The summed E-state index contributed by atoms with van der Waals surface area (Å²) in [6.45, 7) is 8.29. The van der Waals surface area contributed by atoms with Crippen LogP contribution in [-0.2, 0) is 16.1 Å². The van der Waals surface area contributed by atoms with E-state index in [1.807, 2.05) is 45.9 Å². The summed E-state index contributed by atoms with van der Waals surface area (Å²) >= 11 is 0. The third-order valence-corrected chi connectivity index (χ3v) is 4.90. The molecule has 0 aliphatic carbocycles. The molecule has 1 unspecified atom stereocenters. The van der Waals surface area contributed by atoms with E-state index in [-0.39, 0.29) is 30.8 Å². The van der Waals surface area contributed by atoms with Gasteiger partial charge in [0.2, 0.25) is 5.91 Å².